The van der Waals surface area contributed by atoms with Gasteiger partial charge in [-0.2, -0.15) is 11.8 Å². The van der Waals surface area contributed by atoms with Crippen LogP contribution in [0.5, 0.6) is 0 Å². The zero-order chi connectivity index (χ0) is 12.2. The van der Waals surface area contributed by atoms with Crippen molar-refractivity contribution in [1.82, 2.24) is 0 Å². The van der Waals surface area contributed by atoms with Crippen LogP contribution in [0.1, 0.15) is 5.56 Å². The van der Waals surface area contributed by atoms with Gasteiger partial charge in [0.2, 0.25) is 0 Å². The maximum Gasteiger partial charge on any atom is 1.00 e. The summed E-state index contributed by atoms with van der Waals surface area (Å²) in [7, 11) is 0. The van der Waals surface area contributed by atoms with Crippen molar-refractivity contribution < 1.29 is 64.3 Å². The molecule has 0 spiro atoms. The molecule has 1 aromatic carbocycles. The zero-order valence-electron chi connectivity index (χ0n) is 9.43. The second-order valence-electron chi connectivity index (χ2n) is 3.35. The van der Waals surface area contributed by atoms with Crippen LogP contribution >= 0.6 is 23.4 Å². The van der Waals surface area contributed by atoms with E-state index >= 15 is 0 Å². The fraction of sp³-hybridized carbons (Fsp3) is 0.200. The molecule has 0 bridgehead atoms. The van der Waals surface area contributed by atoms with Gasteiger partial charge in [0.05, 0.1) is 0 Å². The molecule has 0 aliphatic carbocycles. The summed E-state index contributed by atoms with van der Waals surface area (Å²) in [6.07, 6.45) is 0. The third kappa shape index (κ3) is 7.30. The Balaban J connectivity index is 0.00000256. The van der Waals surface area contributed by atoms with Crippen molar-refractivity contribution in [3.05, 3.63) is 46.9 Å². The van der Waals surface area contributed by atoms with Crippen LogP contribution in [0.3, 0.4) is 0 Å². The topological polar surface area (TPSA) is 0 Å². The number of thioether (sulfide) groups is 1. The van der Waals surface area contributed by atoms with E-state index in [2.05, 4.69) is 6.58 Å². The summed E-state index contributed by atoms with van der Waals surface area (Å²) in [5.74, 6) is 0.453. The molecule has 1 aromatic rings. The van der Waals surface area contributed by atoms with E-state index in [0.717, 1.165) is 5.56 Å². The monoisotopic (exact) mass is 304 g/mol. The fourth-order valence-corrected chi connectivity index (χ4v) is 2.08. The van der Waals surface area contributed by atoms with E-state index < -0.39 is 12.4 Å². The van der Waals surface area contributed by atoms with Gasteiger partial charge in [0.25, 0.3) is 0 Å². The van der Waals surface area contributed by atoms with Gasteiger partial charge in [-0.1, -0.05) is 23.7 Å². The first kappa shape index (κ1) is 18.1. The minimum absolute atomic E-state index is 0. The molecule has 0 radical (unpaired) electrons. The number of halogens is 4. The van der Waals surface area contributed by atoms with Crippen molar-refractivity contribution in [2.45, 2.75) is 5.75 Å². The van der Waals surface area contributed by atoms with E-state index in [1.807, 2.05) is 0 Å². The summed E-state index contributed by atoms with van der Waals surface area (Å²) in [6, 6.07) is 7.05. The maximum absolute atomic E-state index is 12.2. The smallest absolute Gasteiger partial charge is 0.445 e. The minimum Gasteiger partial charge on any atom is -0.445 e. The quantitative estimate of drug-likeness (QED) is 0.743. The molecule has 0 atom stereocenters. The first-order valence-electron chi connectivity index (χ1n) is 4.59. The summed E-state index contributed by atoms with van der Waals surface area (Å²) >= 11 is 6.89. The molecule has 0 N–H and O–H groups in total. The van der Waals surface area contributed by atoms with Crippen molar-refractivity contribution in [3.8, 4) is 0 Å². The van der Waals surface area contributed by atoms with Crippen LogP contribution in [0.4, 0.5) is 12.9 Å². The Morgan fingerprint density at radius 2 is 1.76 bits per heavy atom. The number of hydrogen-bond donors (Lipinski definition) is 0. The minimum atomic E-state index is -4.90. The van der Waals surface area contributed by atoms with E-state index in [4.69, 9.17) is 11.6 Å². The molecular formula is C10H10BClF3KS. The molecule has 0 saturated heterocycles. The second kappa shape index (κ2) is 8.30. The number of rotatable bonds is 5. The summed E-state index contributed by atoms with van der Waals surface area (Å²) in [4.78, 5) is 0. The molecule has 88 valence electrons. The third-order valence-corrected chi connectivity index (χ3v) is 3.30. The van der Waals surface area contributed by atoms with E-state index in [1.54, 1.807) is 24.3 Å². The number of benzene rings is 1. The van der Waals surface area contributed by atoms with Crippen LogP contribution in [0.2, 0.25) is 5.02 Å². The van der Waals surface area contributed by atoms with Crippen molar-refractivity contribution in [1.29, 1.82) is 0 Å². The average molecular weight is 305 g/mol. The maximum atomic E-state index is 12.2. The molecule has 0 aliphatic heterocycles. The van der Waals surface area contributed by atoms with E-state index in [-0.39, 0.29) is 57.1 Å². The Morgan fingerprint density at radius 1 is 1.24 bits per heavy atom. The number of hydrogen-bond acceptors (Lipinski definition) is 1. The molecule has 0 nitrogen and oxygen atoms in total. The van der Waals surface area contributed by atoms with E-state index in [0.29, 0.717) is 10.8 Å². The molecule has 0 aromatic heterocycles. The summed E-state index contributed by atoms with van der Waals surface area (Å²) in [5.41, 5.74) is 0.316. The molecule has 1 rings (SSSR count). The SMILES string of the molecule is C=C(CSCc1ccc(Cl)cc1)[B-](F)(F)F.[K+]. The van der Waals surface area contributed by atoms with Gasteiger partial charge in [-0.25, -0.2) is 0 Å². The average Bonchev–Trinajstić information content (AvgIpc) is 2.19. The Labute approximate surface area is 151 Å². The second-order valence-corrected chi connectivity index (χ2v) is 4.77. The molecule has 0 saturated carbocycles. The summed E-state index contributed by atoms with van der Waals surface area (Å²) in [5, 5.41) is 0.622. The molecule has 0 fully saturated rings. The van der Waals surface area contributed by atoms with Gasteiger partial charge in [0.1, 0.15) is 0 Å². The molecular weight excluding hydrogens is 295 g/mol. The van der Waals surface area contributed by atoms with Gasteiger partial charge in [0.15, 0.2) is 0 Å². The Bertz CT molecular complexity index is 367. The Morgan fingerprint density at radius 3 is 2.24 bits per heavy atom. The van der Waals surface area contributed by atoms with Gasteiger partial charge < -0.3 is 12.9 Å². The van der Waals surface area contributed by atoms with Crippen LogP contribution < -0.4 is 51.4 Å². The molecule has 0 heterocycles. The van der Waals surface area contributed by atoms with Crippen molar-refractivity contribution in [2.24, 2.45) is 0 Å². The van der Waals surface area contributed by atoms with Crippen LogP contribution in [0, 0.1) is 0 Å². The molecule has 17 heavy (non-hydrogen) atoms. The van der Waals surface area contributed by atoms with Crippen molar-refractivity contribution >= 4 is 30.3 Å². The summed E-state index contributed by atoms with van der Waals surface area (Å²) < 4.78 is 36.5. The van der Waals surface area contributed by atoms with E-state index in [1.165, 1.54) is 11.8 Å². The van der Waals surface area contributed by atoms with Crippen LogP contribution in [0.25, 0.3) is 0 Å². The van der Waals surface area contributed by atoms with Crippen molar-refractivity contribution in [3.63, 3.8) is 0 Å². The predicted octanol–water partition coefficient (Wildman–Crippen LogP) is 1.52. The van der Waals surface area contributed by atoms with Crippen LogP contribution in [-0.2, 0) is 5.75 Å². The van der Waals surface area contributed by atoms with Gasteiger partial charge >= 0.3 is 58.4 Å². The molecule has 7 heteroatoms. The van der Waals surface area contributed by atoms with Crippen LogP contribution in [-0.4, -0.2) is 12.7 Å². The molecule has 0 amide bonds. The zero-order valence-corrected chi connectivity index (χ0v) is 14.1. The van der Waals surface area contributed by atoms with Gasteiger partial charge in [-0.15, -0.1) is 12.1 Å². The van der Waals surface area contributed by atoms with Crippen LogP contribution in [0.15, 0.2) is 36.3 Å². The molecule has 0 aliphatic rings. The fourth-order valence-electron chi connectivity index (χ4n) is 0.975. The summed E-state index contributed by atoms with van der Waals surface area (Å²) in [6.45, 7) is -1.86. The Hall–Kier alpha value is 1.09. The first-order valence-corrected chi connectivity index (χ1v) is 6.12. The standard InChI is InChI=1S/C10H10BClF3S.K/c1-8(11(13,14)15)6-16-7-9-2-4-10(12)5-3-9;/h2-5H,1,6-7H2;/q-1;+1. The normalized spacial score (nSPS) is 10.8. The third-order valence-electron chi connectivity index (χ3n) is 1.93. The van der Waals surface area contributed by atoms with Gasteiger partial charge in [-0.05, 0) is 23.4 Å². The Kier molecular flexibility index (Phi) is 8.83. The largest absolute Gasteiger partial charge is 1.00 e. The predicted molar refractivity (Wildman–Crippen MR) is 65.8 cm³/mol. The molecule has 0 unspecified atom stereocenters. The van der Waals surface area contributed by atoms with E-state index in [9.17, 15) is 12.9 Å². The van der Waals surface area contributed by atoms with Gasteiger partial charge in [-0.3, -0.25) is 0 Å². The van der Waals surface area contributed by atoms with Gasteiger partial charge in [0, 0.05) is 10.8 Å². The van der Waals surface area contributed by atoms with Crippen molar-refractivity contribution in [2.75, 3.05) is 5.75 Å². The first-order chi connectivity index (χ1) is 7.39.